The second kappa shape index (κ2) is 8.70. The monoisotopic (exact) mass is 210 g/mol. The molecule has 0 amide bonds. The van der Waals surface area contributed by atoms with Gasteiger partial charge < -0.3 is 0 Å². The minimum absolute atomic E-state index is 0.278. The van der Waals surface area contributed by atoms with Crippen molar-refractivity contribution >= 4 is 5.78 Å². The van der Waals surface area contributed by atoms with E-state index in [1.807, 2.05) is 0 Å². The Morgan fingerprint density at radius 3 is 2.40 bits per heavy atom. The lowest BCUT2D eigenvalue weighted by Crippen LogP contribution is -2.01. The third-order valence-corrected chi connectivity index (χ3v) is 2.62. The minimum Gasteiger partial charge on any atom is -0.295 e. The molecule has 0 heterocycles. The fourth-order valence-electron chi connectivity index (χ4n) is 1.62. The quantitative estimate of drug-likeness (QED) is 0.543. The van der Waals surface area contributed by atoms with Gasteiger partial charge in [0.05, 0.1) is 0 Å². The number of ketones is 1. The van der Waals surface area contributed by atoms with Gasteiger partial charge in [-0.25, -0.2) is 0 Å². The summed E-state index contributed by atoms with van der Waals surface area (Å²) in [6, 6.07) is 0. The molecule has 88 valence electrons. The predicted molar refractivity (Wildman–Crippen MR) is 66.9 cm³/mol. The number of carbonyl (C=O) groups is 1. The number of hydrogen-bond donors (Lipinski definition) is 0. The minimum atomic E-state index is 0.278. The summed E-state index contributed by atoms with van der Waals surface area (Å²) in [4.78, 5) is 11.5. The van der Waals surface area contributed by atoms with E-state index < -0.39 is 0 Å². The molecular weight excluding hydrogens is 184 g/mol. The van der Waals surface area contributed by atoms with E-state index in [-0.39, 0.29) is 5.78 Å². The molecule has 0 aliphatic heterocycles. The van der Waals surface area contributed by atoms with Crippen molar-refractivity contribution in [3.63, 3.8) is 0 Å². The fourth-order valence-corrected chi connectivity index (χ4v) is 1.62. The third-order valence-electron chi connectivity index (χ3n) is 2.62. The average molecular weight is 210 g/mol. The van der Waals surface area contributed by atoms with Crippen LogP contribution < -0.4 is 0 Å². The lowest BCUT2D eigenvalue weighted by atomic mass is 9.97. The van der Waals surface area contributed by atoms with E-state index in [9.17, 15) is 4.79 Å². The molecule has 0 aromatic heterocycles. The van der Waals surface area contributed by atoms with Gasteiger partial charge in [0.2, 0.25) is 0 Å². The summed E-state index contributed by atoms with van der Waals surface area (Å²) in [7, 11) is 0. The number of hydrogen-bond acceptors (Lipinski definition) is 1. The highest BCUT2D eigenvalue weighted by molar-refractivity contribution is 5.89. The van der Waals surface area contributed by atoms with Crippen LogP contribution in [0.4, 0.5) is 0 Å². The molecule has 0 bridgehead atoms. The van der Waals surface area contributed by atoms with Crippen LogP contribution in [-0.4, -0.2) is 5.78 Å². The Morgan fingerprint density at radius 1 is 1.27 bits per heavy atom. The van der Waals surface area contributed by atoms with Gasteiger partial charge in [0.15, 0.2) is 5.78 Å². The molecule has 0 saturated carbocycles. The maximum absolute atomic E-state index is 11.5. The molecule has 15 heavy (non-hydrogen) atoms. The molecule has 1 atom stereocenters. The highest BCUT2D eigenvalue weighted by atomic mass is 16.1. The first-order valence-corrected chi connectivity index (χ1v) is 6.31. The molecule has 0 unspecified atom stereocenters. The van der Waals surface area contributed by atoms with E-state index in [0.717, 1.165) is 6.42 Å². The van der Waals surface area contributed by atoms with E-state index in [1.165, 1.54) is 19.3 Å². The summed E-state index contributed by atoms with van der Waals surface area (Å²) >= 11 is 0. The van der Waals surface area contributed by atoms with E-state index in [4.69, 9.17) is 0 Å². The zero-order valence-corrected chi connectivity index (χ0v) is 10.8. The van der Waals surface area contributed by atoms with Crippen LogP contribution in [0.1, 0.15) is 59.8 Å². The Bertz CT molecular complexity index is 192. The number of rotatable bonds is 8. The molecule has 0 aliphatic carbocycles. The van der Waals surface area contributed by atoms with Crippen LogP contribution in [0.3, 0.4) is 0 Å². The van der Waals surface area contributed by atoms with Crippen molar-refractivity contribution in [1.29, 1.82) is 0 Å². The molecule has 1 nitrogen and oxygen atoms in total. The van der Waals surface area contributed by atoms with Gasteiger partial charge in [-0.2, -0.15) is 0 Å². The summed E-state index contributed by atoms with van der Waals surface area (Å²) in [5, 5.41) is 0. The van der Waals surface area contributed by atoms with E-state index in [2.05, 4.69) is 33.8 Å². The van der Waals surface area contributed by atoms with Crippen LogP contribution >= 0.6 is 0 Å². The maximum atomic E-state index is 11.5. The Morgan fingerprint density at radius 2 is 1.93 bits per heavy atom. The molecule has 0 N–H and O–H groups in total. The first-order chi connectivity index (χ1) is 7.10. The summed E-state index contributed by atoms with van der Waals surface area (Å²) in [5.41, 5.74) is 0. The van der Waals surface area contributed by atoms with Crippen molar-refractivity contribution in [2.75, 3.05) is 0 Å². The van der Waals surface area contributed by atoms with E-state index >= 15 is 0 Å². The van der Waals surface area contributed by atoms with Gasteiger partial charge in [-0.1, -0.05) is 46.6 Å². The molecular formula is C14H26O. The smallest absolute Gasteiger partial charge is 0.155 e. The molecule has 0 fully saturated rings. The van der Waals surface area contributed by atoms with Crippen LogP contribution in [-0.2, 0) is 4.79 Å². The van der Waals surface area contributed by atoms with Gasteiger partial charge in [-0.05, 0) is 30.8 Å². The SMILES string of the molecule is CCCC[C@H](/C=C/C(=O)CC(C)C)CC. The van der Waals surface area contributed by atoms with Crippen LogP contribution in [0.5, 0.6) is 0 Å². The van der Waals surface area contributed by atoms with Crippen molar-refractivity contribution in [2.24, 2.45) is 11.8 Å². The number of unbranched alkanes of at least 4 members (excludes halogenated alkanes) is 1. The molecule has 0 aromatic rings. The maximum Gasteiger partial charge on any atom is 0.155 e. The van der Waals surface area contributed by atoms with Crippen molar-refractivity contribution in [2.45, 2.75) is 59.8 Å². The second-order valence-electron chi connectivity index (χ2n) is 4.73. The molecule has 0 saturated heterocycles. The molecule has 0 aliphatic rings. The summed E-state index contributed by atoms with van der Waals surface area (Å²) in [6.07, 6.45) is 9.46. The van der Waals surface area contributed by atoms with Crippen LogP contribution in [0.25, 0.3) is 0 Å². The Kier molecular flexibility index (Phi) is 8.35. The zero-order valence-electron chi connectivity index (χ0n) is 10.8. The van der Waals surface area contributed by atoms with Crippen molar-refractivity contribution < 1.29 is 4.79 Å². The first-order valence-electron chi connectivity index (χ1n) is 6.31. The van der Waals surface area contributed by atoms with Crippen LogP contribution in [0.15, 0.2) is 12.2 Å². The van der Waals surface area contributed by atoms with Gasteiger partial charge in [-0.3, -0.25) is 4.79 Å². The lowest BCUT2D eigenvalue weighted by Gasteiger charge is -2.08. The summed E-state index contributed by atoms with van der Waals surface area (Å²) in [6.45, 7) is 8.57. The standard InChI is InChI=1S/C14H26O/c1-5-7-8-13(6-2)9-10-14(15)11-12(3)4/h9-10,12-13H,5-8,11H2,1-4H3/b10-9+/t13-/m1/s1. The number of allylic oxidation sites excluding steroid dienone is 2. The third kappa shape index (κ3) is 8.41. The molecule has 0 aromatic carbocycles. The Hall–Kier alpha value is -0.590. The van der Waals surface area contributed by atoms with E-state index in [1.54, 1.807) is 6.08 Å². The normalized spacial score (nSPS) is 13.7. The van der Waals surface area contributed by atoms with Crippen molar-refractivity contribution in [3.8, 4) is 0 Å². The first kappa shape index (κ1) is 14.4. The van der Waals surface area contributed by atoms with Gasteiger partial charge in [0.1, 0.15) is 0 Å². The Balaban J connectivity index is 3.93. The second-order valence-corrected chi connectivity index (χ2v) is 4.73. The van der Waals surface area contributed by atoms with Crippen LogP contribution in [0, 0.1) is 11.8 Å². The number of carbonyl (C=O) groups excluding carboxylic acids is 1. The van der Waals surface area contributed by atoms with Gasteiger partial charge in [0, 0.05) is 6.42 Å². The molecule has 0 spiro atoms. The van der Waals surface area contributed by atoms with Crippen LogP contribution in [0.2, 0.25) is 0 Å². The summed E-state index contributed by atoms with van der Waals surface area (Å²) in [5.74, 6) is 1.35. The summed E-state index contributed by atoms with van der Waals surface area (Å²) < 4.78 is 0. The van der Waals surface area contributed by atoms with Gasteiger partial charge in [-0.15, -0.1) is 0 Å². The van der Waals surface area contributed by atoms with Gasteiger partial charge >= 0.3 is 0 Å². The topological polar surface area (TPSA) is 17.1 Å². The fraction of sp³-hybridized carbons (Fsp3) is 0.786. The molecule has 1 heteroatoms. The Labute approximate surface area is 95.0 Å². The molecule has 0 radical (unpaired) electrons. The van der Waals surface area contributed by atoms with E-state index in [0.29, 0.717) is 18.3 Å². The largest absolute Gasteiger partial charge is 0.295 e. The van der Waals surface area contributed by atoms with Crippen molar-refractivity contribution in [3.05, 3.63) is 12.2 Å². The highest BCUT2D eigenvalue weighted by Crippen LogP contribution is 2.14. The predicted octanol–water partition coefficient (Wildman–Crippen LogP) is 4.37. The highest BCUT2D eigenvalue weighted by Gasteiger charge is 2.04. The zero-order chi connectivity index (χ0) is 11.7. The average Bonchev–Trinajstić information content (AvgIpc) is 2.17. The van der Waals surface area contributed by atoms with Gasteiger partial charge in [0.25, 0.3) is 0 Å². The molecule has 0 rings (SSSR count). The van der Waals surface area contributed by atoms with Crippen molar-refractivity contribution in [1.82, 2.24) is 0 Å². The lowest BCUT2D eigenvalue weighted by molar-refractivity contribution is -0.115.